The number of rotatable bonds is 4. The van der Waals surface area contributed by atoms with Crippen LogP contribution in [0.15, 0.2) is 0 Å². The summed E-state index contributed by atoms with van der Waals surface area (Å²) in [7, 11) is 0. The van der Waals surface area contributed by atoms with Gasteiger partial charge < -0.3 is 6.15 Å². The van der Waals surface area contributed by atoms with E-state index in [-0.39, 0.29) is 6.15 Å². The van der Waals surface area contributed by atoms with Gasteiger partial charge in [-0.15, -0.1) is 7.26 Å². The summed E-state index contributed by atoms with van der Waals surface area (Å²) < 4.78 is 51.9. The van der Waals surface area contributed by atoms with Crippen molar-refractivity contribution in [1.29, 1.82) is 0 Å². The van der Waals surface area contributed by atoms with Crippen LogP contribution in [-0.4, -0.2) is 21.7 Å². The van der Waals surface area contributed by atoms with Crippen molar-refractivity contribution >= 4 is 34.1 Å². The summed E-state index contributed by atoms with van der Waals surface area (Å²) in [5.41, 5.74) is 0. The van der Waals surface area contributed by atoms with Gasteiger partial charge in [0.25, 0.3) is 0 Å². The van der Waals surface area contributed by atoms with Gasteiger partial charge in [0.2, 0.25) is 0 Å². The molecule has 2 atom stereocenters. The van der Waals surface area contributed by atoms with Crippen molar-refractivity contribution in [2.45, 2.75) is 0 Å². The molecule has 0 saturated heterocycles. The Labute approximate surface area is 69.7 Å². The molecule has 0 aliphatic carbocycles. The summed E-state index contributed by atoms with van der Waals surface area (Å²) in [6, 6.07) is 0. The predicted molar refractivity (Wildman–Crippen MR) is 36.9 cm³/mol. The molecule has 5 N–H and O–H groups in total. The molecule has 0 amide bonds. The SMILES string of the molecule is N.O=S(O)OS(=O)OS(=O)O. The zero-order valence-electron chi connectivity index (χ0n) is 4.87. The zero-order valence-corrected chi connectivity index (χ0v) is 7.32. The van der Waals surface area contributed by atoms with Crippen molar-refractivity contribution in [3.8, 4) is 0 Å². The molecule has 2 unspecified atom stereocenters. The maximum Gasteiger partial charge on any atom is 0.336 e. The third kappa shape index (κ3) is 10.2. The van der Waals surface area contributed by atoms with E-state index in [9.17, 15) is 12.6 Å². The van der Waals surface area contributed by atoms with Gasteiger partial charge >= 0.3 is 34.1 Å². The summed E-state index contributed by atoms with van der Waals surface area (Å²) in [5.74, 6) is 0. The minimum absolute atomic E-state index is 0. The van der Waals surface area contributed by atoms with Gasteiger partial charge in [0.15, 0.2) is 0 Å². The Balaban J connectivity index is 0. The van der Waals surface area contributed by atoms with Crippen LogP contribution in [0, 0.1) is 0 Å². The summed E-state index contributed by atoms with van der Waals surface area (Å²) in [4.78, 5) is 0. The molecule has 0 aliphatic heterocycles. The van der Waals surface area contributed by atoms with Crippen LogP contribution < -0.4 is 6.15 Å². The third-order valence-electron chi connectivity index (χ3n) is 0.228. The Morgan fingerprint density at radius 2 is 1.18 bits per heavy atom. The fourth-order valence-corrected chi connectivity index (χ4v) is 1.16. The van der Waals surface area contributed by atoms with E-state index in [4.69, 9.17) is 9.11 Å². The first kappa shape index (κ1) is 13.8. The van der Waals surface area contributed by atoms with Gasteiger partial charge in [0.05, 0.1) is 0 Å². The van der Waals surface area contributed by atoms with E-state index in [1.54, 1.807) is 0 Å². The molecule has 0 aliphatic rings. The topological polar surface area (TPSA) is 145 Å². The number of hydrogen-bond acceptors (Lipinski definition) is 6. The summed E-state index contributed by atoms with van der Waals surface area (Å²) in [5, 5.41) is 0. The van der Waals surface area contributed by atoms with Gasteiger partial charge in [-0.3, -0.25) is 9.11 Å². The van der Waals surface area contributed by atoms with Gasteiger partial charge in [0.1, 0.15) is 0 Å². The summed E-state index contributed by atoms with van der Waals surface area (Å²) >= 11 is -8.25. The normalized spacial score (nSPS) is 18.0. The van der Waals surface area contributed by atoms with Gasteiger partial charge in [-0.2, -0.15) is 12.6 Å². The lowest BCUT2D eigenvalue weighted by Gasteiger charge is -1.91. The van der Waals surface area contributed by atoms with Gasteiger partial charge in [0, 0.05) is 0 Å². The largest absolute Gasteiger partial charge is 0.344 e. The second kappa shape index (κ2) is 6.93. The first-order valence-corrected chi connectivity index (χ1v) is 4.60. The molecular formula is H5NO7S3. The minimum atomic E-state index is -2.78. The minimum Gasteiger partial charge on any atom is -0.344 e. The van der Waals surface area contributed by atoms with E-state index < -0.39 is 34.1 Å². The molecule has 0 aromatic rings. The molecule has 0 saturated carbocycles. The molecule has 11 heteroatoms. The van der Waals surface area contributed by atoms with Gasteiger partial charge in [-0.25, -0.2) is 0 Å². The van der Waals surface area contributed by atoms with Crippen LogP contribution in [0.5, 0.6) is 0 Å². The van der Waals surface area contributed by atoms with Crippen LogP contribution in [0.2, 0.25) is 0 Å². The molecule has 0 spiro atoms. The fraction of sp³-hybridized carbons (Fsp3) is 0. The van der Waals surface area contributed by atoms with Crippen molar-refractivity contribution < 1.29 is 29.0 Å². The monoisotopic (exact) mass is 227 g/mol. The quantitative estimate of drug-likeness (QED) is 0.520. The molecule has 0 aromatic carbocycles. The maximum atomic E-state index is 10.0. The van der Waals surface area contributed by atoms with Crippen molar-refractivity contribution in [2.24, 2.45) is 0 Å². The van der Waals surface area contributed by atoms with Crippen molar-refractivity contribution in [1.82, 2.24) is 6.15 Å². The zero-order chi connectivity index (χ0) is 8.15. The van der Waals surface area contributed by atoms with Crippen LogP contribution in [0.25, 0.3) is 0 Å². The molecule has 0 fully saturated rings. The van der Waals surface area contributed by atoms with E-state index >= 15 is 0 Å². The van der Waals surface area contributed by atoms with Crippen LogP contribution in [-0.2, 0) is 41.3 Å². The molecule has 0 radical (unpaired) electrons. The fourth-order valence-electron chi connectivity index (χ4n) is 0.106. The second-order valence-electron chi connectivity index (χ2n) is 0.774. The highest BCUT2D eigenvalue weighted by Crippen LogP contribution is 1.92. The molecule has 0 heterocycles. The highest BCUT2D eigenvalue weighted by molar-refractivity contribution is 7.93. The van der Waals surface area contributed by atoms with Crippen molar-refractivity contribution in [3.63, 3.8) is 0 Å². The van der Waals surface area contributed by atoms with Crippen LogP contribution >= 0.6 is 0 Å². The highest BCUT2D eigenvalue weighted by Gasteiger charge is 2.08. The Kier molecular flexibility index (Phi) is 8.70. The number of hydrogen-bond donors (Lipinski definition) is 3. The average Bonchev–Trinajstić information content (AvgIpc) is 1.58. The molecule has 0 aromatic heterocycles. The first-order chi connectivity index (χ1) is 4.52. The standard InChI is InChI=1S/H3N.H2O7S3/c;1-8(2)6-10(5)7-9(3)4/h1H3;(H,1,2)(H,3,4). The Morgan fingerprint density at radius 3 is 1.36 bits per heavy atom. The van der Waals surface area contributed by atoms with E-state index in [2.05, 4.69) is 7.26 Å². The van der Waals surface area contributed by atoms with Gasteiger partial charge in [-0.1, -0.05) is 0 Å². The third-order valence-corrected chi connectivity index (χ3v) is 2.05. The van der Waals surface area contributed by atoms with Gasteiger partial charge in [-0.05, 0) is 0 Å². The smallest absolute Gasteiger partial charge is 0.336 e. The van der Waals surface area contributed by atoms with E-state index in [0.29, 0.717) is 0 Å². The lowest BCUT2D eigenvalue weighted by atomic mass is 14.0. The highest BCUT2D eigenvalue weighted by atomic mass is 32.3. The maximum absolute atomic E-state index is 10.0. The average molecular weight is 227 g/mol. The lowest BCUT2D eigenvalue weighted by molar-refractivity contribution is 0.415. The molecule has 0 bridgehead atoms. The Hall–Kier alpha value is 0.250. The van der Waals surface area contributed by atoms with Crippen molar-refractivity contribution in [2.75, 3.05) is 0 Å². The van der Waals surface area contributed by atoms with Crippen LogP contribution in [0.3, 0.4) is 0 Å². The molecule has 8 nitrogen and oxygen atoms in total. The Bertz CT molecular complexity index is 157. The van der Waals surface area contributed by atoms with Crippen LogP contribution in [0.1, 0.15) is 0 Å². The van der Waals surface area contributed by atoms with Crippen LogP contribution in [0.4, 0.5) is 0 Å². The Morgan fingerprint density at radius 1 is 0.909 bits per heavy atom. The van der Waals surface area contributed by atoms with Crippen molar-refractivity contribution in [3.05, 3.63) is 0 Å². The molecular weight excluding hydrogens is 222 g/mol. The molecule has 11 heavy (non-hydrogen) atoms. The van der Waals surface area contributed by atoms with E-state index in [0.717, 1.165) is 0 Å². The predicted octanol–water partition coefficient (Wildman–Crippen LogP) is -0.966. The summed E-state index contributed by atoms with van der Waals surface area (Å²) in [6.45, 7) is 0. The first-order valence-electron chi connectivity index (χ1n) is 1.53. The second-order valence-corrected chi connectivity index (χ2v) is 3.14. The molecule has 0 rings (SSSR count). The summed E-state index contributed by atoms with van der Waals surface area (Å²) in [6.07, 6.45) is 0. The lowest BCUT2D eigenvalue weighted by Crippen LogP contribution is -2.05. The van der Waals surface area contributed by atoms with E-state index in [1.807, 2.05) is 0 Å². The molecule has 70 valence electrons. The van der Waals surface area contributed by atoms with E-state index in [1.165, 1.54) is 0 Å².